The highest BCUT2D eigenvalue weighted by molar-refractivity contribution is 7.16. The molecule has 0 radical (unpaired) electrons. The van der Waals surface area contributed by atoms with Crippen LogP contribution in [0.2, 0.25) is 0 Å². The Balaban J connectivity index is 0.00000131. The van der Waals surface area contributed by atoms with Crippen LogP contribution in [-0.4, -0.2) is 35.4 Å². The molecule has 2 heterocycles. The van der Waals surface area contributed by atoms with E-state index in [4.69, 9.17) is 0 Å². The first-order valence-corrected chi connectivity index (χ1v) is 9.58. The van der Waals surface area contributed by atoms with Crippen LogP contribution in [0.25, 0.3) is 10.2 Å². The number of halogens is 2. The normalized spacial score (nSPS) is 16.5. The summed E-state index contributed by atoms with van der Waals surface area (Å²) in [7, 11) is 0. The number of amides is 1. The van der Waals surface area contributed by atoms with Gasteiger partial charge in [0.2, 0.25) is 0 Å². The fourth-order valence-corrected chi connectivity index (χ4v) is 4.09. The van der Waals surface area contributed by atoms with Gasteiger partial charge in [-0.15, -0.1) is 36.2 Å². The number of hydrogen-bond donors (Lipinski definition) is 1. The maximum atomic E-state index is 13.2. The molecule has 1 aliphatic heterocycles. The summed E-state index contributed by atoms with van der Waals surface area (Å²) in [6.45, 7) is 4.50. The molecular formula is C20H23Cl2N3OS. The first-order chi connectivity index (χ1) is 12.3. The number of piperazine rings is 1. The molecule has 7 heteroatoms. The van der Waals surface area contributed by atoms with Gasteiger partial charge in [0.1, 0.15) is 0 Å². The second kappa shape index (κ2) is 9.51. The van der Waals surface area contributed by atoms with Crippen molar-refractivity contribution in [2.45, 2.75) is 19.4 Å². The molecule has 1 atom stereocenters. The minimum Gasteiger partial charge on any atom is -0.329 e. The van der Waals surface area contributed by atoms with Crippen LogP contribution in [-0.2, 0) is 6.42 Å². The second-order valence-corrected chi connectivity index (χ2v) is 7.23. The van der Waals surface area contributed by atoms with E-state index in [1.807, 2.05) is 28.6 Å². The van der Waals surface area contributed by atoms with E-state index in [2.05, 4.69) is 41.5 Å². The first-order valence-electron chi connectivity index (χ1n) is 8.70. The summed E-state index contributed by atoms with van der Waals surface area (Å²) in [5.74, 6) is 0.0985. The number of benzene rings is 2. The van der Waals surface area contributed by atoms with Crippen molar-refractivity contribution in [3.8, 4) is 0 Å². The molecule has 1 unspecified atom stereocenters. The fourth-order valence-electron chi connectivity index (χ4n) is 3.37. The zero-order valence-electron chi connectivity index (χ0n) is 15.1. The molecule has 1 aliphatic rings. The van der Waals surface area contributed by atoms with Crippen LogP contribution in [0.3, 0.4) is 0 Å². The Labute approximate surface area is 175 Å². The van der Waals surface area contributed by atoms with Crippen LogP contribution in [0.4, 0.5) is 0 Å². The topological polar surface area (TPSA) is 45.2 Å². The average Bonchev–Trinajstić information content (AvgIpc) is 3.15. The monoisotopic (exact) mass is 423 g/mol. The molecule has 4 rings (SSSR count). The van der Waals surface area contributed by atoms with Gasteiger partial charge >= 0.3 is 0 Å². The third kappa shape index (κ3) is 4.43. The summed E-state index contributed by atoms with van der Waals surface area (Å²) in [6.07, 6.45) is 1.03. The largest absolute Gasteiger partial charge is 0.329 e. The summed E-state index contributed by atoms with van der Waals surface area (Å²) in [6, 6.07) is 14.5. The van der Waals surface area contributed by atoms with Gasteiger partial charge in [-0.2, -0.15) is 0 Å². The van der Waals surface area contributed by atoms with Gasteiger partial charge in [-0.3, -0.25) is 4.79 Å². The van der Waals surface area contributed by atoms with Gasteiger partial charge in [0.05, 0.1) is 21.8 Å². The number of carbonyl (C=O) groups is 1. The van der Waals surface area contributed by atoms with Crippen molar-refractivity contribution in [3.63, 3.8) is 0 Å². The fraction of sp³-hybridized carbons (Fsp3) is 0.300. The van der Waals surface area contributed by atoms with Crippen LogP contribution in [0.1, 0.15) is 34.5 Å². The summed E-state index contributed by atoms with van der Waals surface area (Å²) in [5, 5.41) is 3.42. The number of aryl methyl sites for hydroxylation is 1. The minimum atomic E-state index is 0. The molecule has 2 aromatic carbocycles. The summed E-state index contributed by atoms with van der Waals surface area (Å²) < 4.78 is 1.06. The van der Waals surface area contributed by atoms with Crippen molar-refractivity contribution >= 4 is 52.3 Å². The van der Waals surface area contributed by atoms with E-state index >= 15 is 0 Å². The van der Waals surface area contributed by atoms with E-state index < -0.39 is 0 Å². The minimum absolute atomic E-state index is 0. The van der Waals surface area contributed by atoms with Crippen molar-refractivity contribution in [1.29, 1.82) is 0 Å². The first kappa shape index (κ1) is 21.6. The highest BCUT2D eigenvalue weighted by Gasteiger charge is 2.28. The Bertz CT molecular complexity index is 898. The van der Waals surface area contributed by atoms with E-state index in [0.717, 1.165) is 41.8 Å². The van der Waals surface area contributed by atoms with Crippen LogP contribution in [0, 0.1) is 0 Å². The lowest BCUT2D eigenvalue weighted by molar-refractivity contribution is 0.0634. The quantitative estimate of drug-likeness (QED) is 0.674. The van der Waals surface area contributed by atoms with Crippen molar-refractivity contribution < 1.29 is 4.79 Å². The van der Waals surface area contributed by atoms with E-state index in [1.54, 1.807) is 11.3 Å². The Morgan fingerprint density at radius 2 is 2.00 bits per heavy atom. The molecule has 0 saturated carbocycles. The van der Waals surface area contributed by atoms with Gasteiger partial charge in [-0.1, -0.05) is 31.2 Å². The summed E-state index contributed by atoms with van der Waals surface area (Å²) in [4.78, 5) is 19.4. The van der Waals surface area contributed by atoms with Crippen LogP contribution in [0.15, 0.2) is 48.0 Å². The molecule has 0 spiro atoms. The number of rotatable bonds is 3. The molecule has 144 valence electrons. The molecule has 3 aromatic rings. The average molecular weight is 424 g/mol. The Hall–Kier alpha value is -1.66. The SMILES string of the molecule is CCc1ccc(C2CNCCN2C(=O)c2ccc3ncsc3c2)cc1.Cl.Cl. The van der Waals surface area contributed by atoms with Crippen LogP contribution < -0.4 is 5.32 Å². The highest BCUT2D eigenvalue weighted by atomic mass is 35.5. The molecule has 0 bridgehead atoms. The van der Waals surface area contributed by atoms with Gasteiger partial charge in [0.15, 0.2) is 0 Å². The number of carbonyl (C=O) groups excluding carboxylic acids is 1. The molecule has 1 amide bonds. The van der Waals surface area contributed by atoms with Crippen LogP contribution >= 0.6 is 36.2 Å². The predicted molar refractivity (Wildman–Crippen MR) is 117 cm³/mol. The van der Waals surface area contributed by atoms with E-state index in [9.17, 15) is 4.79 Å². The zero-order valence-corrected chi connectivity index (χ0v) is 17.5. The lowest BCUT2D eigenvalue weighted by atomic mass is 10.00. The van der Waals surface area contributed by atoms with Gasteiger partial charge < -0.3 is 10.2 Å². The van der Waals surface area contributed by atoms with Gasteiger partial charge in [-0.25, -0.2) is 4.98 Å². The summed E-state index contributed by atoms with van der Waals surface area (Å²) in [5.41, 5.74) is 6.03. The molecule has 0 aliphatic carbocycles. The number of fused-ring (bicyclic) bond motifs is 1. The third-order valence-electron chi connectivity index (χ3n) is 4.86. The Morgan fingerprint density at radius 1 is 1.22 bits per heavy atom. The van der Waals surface area contributed by atoms with Gasteiger partial charge in [0.25, 0.3) is 5.91 Å². The number of nitrogens with one attached hydrogen (secondary N) is 1. The maximum Gasteiger partial charge on any atom is 0.254 e. The lowest BCUT2D eigenvalue weighted by Gasteiger charge is -2.36. The second-order valence-electron chi connectivity index (χ2n) is 6.35. The Kier molecular flexibility index (Phi) is 7.62. The molecule has 4 nitrogen and oxygen atoms in total. The molecule has 1 N–H and O–H groups in total. The zero-order chi connectivity index (χ0) is 17.2. The van der Waals surface area contributed by atoms with Gasteiger partial charge in [-0.05, 0) is 35.7 Å². The standard InChI is InChI=1S/C20H21N3OS.2ClH/c1-2-14-3-5-15(6-4-14)18-12-21-9-10-23(18)20(24)16-7-8-17-19(11-16)25-13-22-17;;/h3-8,11,13,18,21H,2,9-10,12H2,1H3;2*1H. The highest BCUT2D eigenvalue weighted by Crippen LogP contribution is 2.26. The lowest BCUT2D eigenvalue weighted by Crippen LogP contribution is -2.48. The summed E-state index contributed by atoms with van der Waals surface area (Å²) >= 11 is 1.57. The Morgan fingerprint density at radius 3 is 2.74 bits per heavy atom. The molecular weight excluding hydrogens is 401 g/mol. The molecule has 1 aromatic heterocycles. The smallest absolute Gasteiger partial charge is 0.254 e. The molecule has 1 saturated heterocycles. The van der Waals surface area contributed by atoms with Crippen LogP contribution in [0.5, 0.6) is 0 Å². The number of hydrogen-bond acceptors (Lipinski definition) is 4. The van der Waals surface area contributed by atoms with E-state index in [1.165, 1.54) is 11.1 Å². The molecule has 1 fully saturated rings. The number of thiazole rings is 1. The predicted octanol–water partition coefficient (Wildman–Crippen LogP) is 4.49. The van der Waals surface area contributed by atoms with E-state index in [0.29, 0.717) is 0 Å². The van der Waals surface area contributed by atoms with Gasteiger partial charge in [0, 0.05) is 25.2 Å². The van der Waals surface area contributed by atoms with Crippen molar-refractivity contribution in [2.24, 2.45) is 0 Å². The van der Waals surface area contributed by atoms with Crippen molar-refractivity contribution in [2.75, 3.05) is 19.6 Å². The molecule has 27 heavy (non-hydrogen) atoms. The third-order valence-corrected chi connectivity index (χ3v) is 5.65. The van der Waals surface area contributed by atoms with Crippen molar-refractivity contribution in [3.05, 3.63) is 64.7 Å². The maximum absolute atomic E-state index is 13.2. The van der Waals surface area contributed by atoms with E-state index in [-0.39, 0.29) is 36.8 Å². The van der Waals surface area contributed by atoms with Crippen molar-refractivity contribution in [1.82, 2.24) is 15.2 Å². The number of aromatic nitrogens is 1. The number of nitrogens with zero attached hydrogens (tertiary/aromatic N) is 2.